The summed E-state index contributed by atoms with van der Waals surface area (Å²) in [5.74, 6) is -0.0349. The molecular formula is C15H22N2O2. The summed E-state index contributed by atoms with van der Waals surface area (Å²) in [7, 11) is 0. The zero-order valence-electron chi connectivity index (χ0n) is 11.9. The van der Waals surface area contributed by atoms with Crippen LogP contribution in [0.4, 0.5) is 0 Å². The standard InChI is InChI=1S/C15H22N2O2/c1-15(2,3)11-4-5-13(16-10-11)14(19)17-8-6-12(18)7-9-17/h4-5,10,12,18H,6-9H2,1-3H3. The molecule has 0 radical (unpaired) electrons. The molecule has 0 atom stereocenters. The van der Waals surface area contributed by atoms with Crippen LogP contribution in [-0.2, 0) is 5.41 Å². The normalized spacial score (nSPS) is 17.6. The monoisotopic (exact) mass is 262 g/mol. The molecule has 1 saturated heterocycles. The Morgan fingerprint density at radius 2 is 1.95 bits per heavy atom. The number of nitrogens with zero attached hydrogens (tertiary/aromatic N) is 2. The average molecular weight is 262 g/mol. The van der Waals surface area contributed by atoms with Crippen LogP contribution < -0.4 is 0 Å². The Bertz CT molecular complexity index is 440. The van der Waals surface area contributed by atoms with Gasteiger partial charge in [0.15, 0.2) is 0 Å². The lowest BCUT2D eigenvalue weighted by Crippen LogP contribution is -2.40. The molecule has 0 spiro atoms. The summed E-state index contributed by atoms with van der Waals surface area (Å²) < 4.78 is 0. The number of hydrogen-bond acceptors (Lipinski definition) is 3. The number of rotatable bonds is 1. The van der Waals surface area contributed by atoms with E-state index in [9.17, 15) is 9.90 Å². The Kier molecular flexibility index (Phi) is 3.90. The van der Waals surface area contributed by atoms with Crippen LogP contribution in [-0.4, -0.2) is 40.1 Å². The number of aliphatic hydroxyl groups excluding tert-OH is 1. The predicted molar refractivity (Wildman–Crippen MR) is 74.1 cm³/mol. The van der Waals surface area contributed by atoms with Crippen LogP contribution >= 0.6 is 0 Å². The first-order valence-electron chi connectivity index (χ1n) is 6.82. The van der Waals surface area contributed by atoms with Crippen molar-refractivity contribution in [3.8, 4) is 0 Å². The molecule has 0 aromatic carbocycles. The molecule has 1 aromatic heterocycles. The maximum atomic E-state index is 12.2. The Morgan fingerprint density at radius 3 is 2.42 bits per heavy atom. The van der Waals surface area contributed by atoms with Gasteiger partial charge < -0.3 is 10.0 Å². The number of likely N-dealkylation sites (tertiary alicyclic amines) is 1. The lowest BCUT2D eigenvalue weighted by Gasteiger charge is -2.29. The van der Waals surface area contributed by atoms with Gasteiger partial charge in [-0.25, -0.2) is 0 Å². The lowest BCUT2D eigenvalue weighted by molar-refractivity contribution is 0.0541. The fourth-order valence-corrected chi connectivity index (χ4v) is 2.19. The molecule has 1 aliphatic heterocycles. The second-order valence-electron chi connectivity index (χ2n) is 6.21. The van der Waals surface area contributed by atoms with E-state index in [2.05, 4.69) is 25.8 Å². The van der Waals surface area contributed by atoms with Crippen molar-refractivity contribution in [2.75, 3.05) is 13.1 Å². The third kappa shape index (κ3) is 3.32. The van der Waals surface area contributed by atoms with Crippen molar-refractivity contribution >= 4 is 5.91 Å². The maximum absolute atomic E-state index is 12.2. The van der Waals surface area contributed by atoms with Crippen molar-refractivity contribution in [3.63, 3.8) is 0 Å². The summed E-state index contributed by atoms with van der Waals surface area (Å²) in [6.45, 7) is 7.60. The molecule has 0 bridgehead atoms. The third-order valence-corrected chi connectivity index (χ3v) is 3.60. The van der Waals surface area contributed by atoms with Crippen molar-refractivity contribution in [1.82, 2.24) is 9.88 Å². The molecule has 0 saturated carbocycles. The van der Waals surface area contributed by atoms with Crippen molar-refractivity contribution in [3.05, 3.63) is 29.6 Å². The van der Waals surface area contributed by atoms with Crippen molar-refractivity contribution < 1.29 is 9.90 Å². The molecule has 0 unspecified atom stereocenters. The molecular weight excluding hydrogens is 240 g/mol. The van der Waals surface area contributed by atoms with Gasteiger partial charge in [0.1, 0.15) is 5.69 Å². The topological polar surface area (TPSA) is 53.4 Å². The number of piperidine rings is 1. The van der Waals surface area contributed by atoms with E-state index in [1.54, 1.807) is 17.2 Å². The second-order valence-corrected chi connectivity index (χ2v) is 6.21. The minimum absolute atomic E-state index is 0.0349. The Hall–Kier alpha value is -1.42. The highest BCUT2D eigenvalue weighted by Gasteiger charge is 2.23. The van der Waals surface area contributed by atoms with Crippen LogP contribution in [0.1, 0.15) is 49.7 Å². The van der Waals surface area contributed by atoms with Crippen LogP contribution in [0, 0.1) is 0 Å². The molecule has 4 nitrogen and oxygen atoms in total. The average Bonchev–Trinajstić information content (AvgIpc) is 2.38. The van der Waals surface area contributed by atoms with Gasteiger partial charge in [0, 0.05) is 19.3 Å². The van der Waals surface area contributed by atoms with Crippen molar-refractivity contribution in [2.24, 2.45) is 0 Å². The van der Waals surface area contributed by atoms with Crippen LogP contribution in [0.15, 0.2) is 18.3 Å². The van der Waals surface area contributed by atoms with Gasteiger partial charge in [-0.05, 0) is 29.9 Å². The number of aliphatic hydroxyl groups is 1. The molecule has 1 fully saturated rings. The van der Waals surface area contributed by atoms with E-state index in [4.69, 9.17) is 0 Å². The number of carbonyl (C=O) groups excluding carboxylic acids is 1. The van der Waals surface area contributed by atoms with Gasteiger partial charge in [-0.2, -0.15) is 0 Å². The number of pyridine rings is 1. The van der Waals surface area contributed by atoms with E-state index >= 15 is 0 Å². The van der Waals surface area contributed by atoms with Crippen molar-refractivity contribution in [2.45, 2.75) is 45.1 Å². The minimum atomic E-state index is -0.264. The van der Waals surface area contributed by atoms with Gasteiger partial charge in [-0.1, -0.05) is 26.8 Å². The first-order valence-corrected chi connectivity index (χ1v) is 6.82. The Morgan fingerprint density at radius 1 is 1.32 bits per heavy atom. The number of amides is 1. The predicted octanol–water partition coefficient (Wildman–Crippen LogP) is 1.98. The van der Waals surface area contributed by atoms with Gasteiger partial charge >= 0.3 is 0 Å². The molecule has 1 amide bonds. The molecule has 2 rings (SSSR count). The molecule has 4 heteroatoms. The third-order valence-electron chi connectivity index (χ3n) is 3.60. The van der Waals surface area contributed by atoms with Crippen LogP contribution in [0.3, 0.4) is 0 Å². The fourth-order valence-electron chi connectivity index (χ4n) is 2.19. The quantitative estimate of drug-likeness (QED) is 0.842. The van der Waals surface area contributed by atoms with Crippen LogP contribution in [0.25, 0.3) is 0 Å². The summed E-state index contributed by atoms with van der Waals surface area (Å²) in [6, 6.07) is 3.77. The highest BCUT2D eigenvalue weighted by Crippen LogP contribution is 2.21. The highest BCUT2D eigenvalue weighted by molar-refractivity contribution is 5.92. The van der Waals surface area contributed by atoms with E-state index in [1.165, 1.54) is 0 Å². The summed E-state index contributed by atoms with van der Waals surface area (Å²) in [4.78, 5) is 18.3. The summed E-state index contributed by atoms with van der Waals surface area (Å²) >= 11 is 0. The van der Waals surface area contributed by atoms with E-state index in [1.807, 2.05) is 6.07 Å². The first-order chi connectivity index (χ1) is 8.88. The van der Waals surface area contributed by atoms with E-state index < -0.39 is 0 Å². The summed E-state index contributed by atoms with van der Waals surface area (Å²) in [6.07, 6.45) is 2.84. The van der Waals surface area contributed by atoms with Gasteiger partial charge in [-0.15, -0.1) is 0 Å². The first kappa shape index (κ1) is 14.0. The minimum Gasteiger partial charge on any atom is -0.393 e. The van der Waals surface area contributed by atoms with Crippen molar-refractivity contribution in [1.29, 1.82) is 0 Å². The van der Waals surface area contributed by atoms with Gasteiger partial charge in [0.05, 0.1) is 6.10 Å². The largest absolute Gasteiger partial charge is 0.393 e. The molecule has 104 valence electrons. The smallest absolute Gasteiger partial charge is 0.272 e. The zero-order chi connectivity index (χ0) is 14.0. The SMILES string of the molecule is CC(C)(C)c1ccc(C(=O)N2CCC(O)CC2)nc1. The van der Waals surface area contributed by atoms with Gasteiger partial charge in [0.2, 0.25) is 0 Å². The molecule has 2 heterocycles. The van der Waals surface area contributed by atoms with Crippen LogP contribution in [0.5, 0.6) is 0 Å². The molecule has 1 aromatic rings. The van der Waals surface area contributed by atoms with E-state index in [0.717, 1.165) is 5.56 Å². The number of hydrogen-bond donors (Lipinski definition) is 1. The lowest BCUT2D eigenvalue weighted by atomic mass is 9.88. The molecule has 19 heavy (non-hydrogen) atoms. The highest BCUT2D eigenvalue weighted by atomic mass is 16.3. The summed E-state index contributed by atoms with van der Waals surface area (Å²) in [5, 5.41) is 9.45. The zero-order valence-corrected chi connectivity index (χ0v) is 11.9. The Balaban J connectivity index is 2.08. The van der Waals surface area contributed by atoms with Crippen LogP contribution in [0.2, 0.25) is 0 Å². The summed E-state index contributed by atoms with van der Waals surface area (Å²) in [5.41, 5.74) is 1.66. The molecule has 1 N–H and O–H groups in total. The number of aromatic nitrogens is 1. The van der Waals surface area contributed by atoms with Gasteiger partial charge in [0.25, 0.3) is 5.91 Å². The molecule has 1 aliphatic rings. The van der Waals surface area contributed by atoms with Gasteiger partial charge in [-0.3, -0.25) is 9.78 Å². The van der Waals surface area contributed by atoms with E-state index in [-0.39, 0.29) is 17.4 Å². The Labute approximate surface area is 114 Å². The molecule has 0 aliphatic carbocycles. The van der Waals surface area contributed by atoms with E-state index in [0.29, 0.717) is 31.6 Å². The maximum Gasteiger partial charge on any atom is 0.272 e. The fraction of sp³-hybridized carbons (Fsp3) is 0.600. The second kappa shape index (κ2) is 5.29. The number of carbonyl (C=O) groups is 1.